The quantitative estimate of drug-likeness (QED) is 0.833. The molecule has 9 heteroatoms. The second-order valence-corrected chi connectivity index (χ2v) is 7.04. The van der Waals surface area contributed by atoms with Crippen LogP contribution in [-0.4, -0.2) is 47.7 Å². The Morgan fingerprint density at radius 2 is 1.71 bits per heavy atom. The van der Waals surface area contributed by atoms with Crippen molar-refractivity contribution in [2.45, 2.75) is 18.3 Å². The van der Waals surface area contributed by atoms with Gasteiger partial charge in [-0.2, -0.15) is 23.3 Å². The number of halogens is 4. The Hall–Kier alpha value is -2.58. The number of hydrogen-bond donors (Lipinski definition) is 1. The van der Waals surface area contributed by atoms with Crippen LogP contribution in [0.4, 0.5) is 18.9 Å². The second kappa shape index (κ2) is 7.10. The maximum atomic E-state index is 13.6. The maximum Gasteiger partial charge on any atom is 0.438 e. The highest BCUT2D eigenvalue weighted by molar-refractivity contribution is 6.30. The summed E-state index contributed by atoms with van der Waals surface area (Å²) in [5, 5.41) is 14.7. The van der Waals surface area contributed by atoms with Crippen molar-refractivity contribution in [2.24, 2.45) is 5.10 Å². The number of benzene rings is 2. The van der Waals surface area contributed by atoms with Crippen LogP contribution in [0, 0.1) is 0 Å². The number of carbonyl (C=O) groups excluding carboxylic acids is 1. The van der Waals surface area contributed by atoms with Gasteiger partial charge in [-0.15, -0.1) is 0 Å². The molecule has 0 fully saturated rings. The Balaban J connectivity index is 2.00. The van der Waals surface area contributed by atoms with Crippen molar-refractivity contribution in [3.05, 3.63) is 64.7 Å². The molecule has 1 aliphatic rings. The van der Waals surface area contributed by atoms with Crippen LogP contribution in [0.3, 0.4) is 0 Å². The van der Waals surface area contributed by atoms with Crippen molar-refractivity contribution in [1.29, 1.82) is 0 Å². The van der Waals surface area contributed by atoms with Gasteiger partial charge in [0.1, 0.15) is 0 Å². The van der Waals surface area contributed by atoms with Gasteiger partial charge in [0.2, 0.25) is 0 Å². The first-order chi connectivity index (χ1) is 13.0. The molecule has 1 atom stereocenters. The fourth-order valence-electron chi connectivity index (χ4n) is 2.81. The van der Waals surface area contributed by atoms with Crippen molar-refractivity contribution in [3.8, 4) is 0 Å². The third kappa shape index (κ3) is 3.57. The third-order valence-electron chi connectivity index (χ3n) is 4.44. The molecule has 1 aliphatic heterocycles. The Morgan fingerprint density at radius 1 is 1.14 bits per heavy atom. The number of aliphatic hydroxyl groups is 1. The maximum absolute atomic E-state index is 13.6. The fourth-order valence-corrected chi connectivity index (χ4v) is 2.93. The molecule has 1 N–H and O–H groups in total. The highest BCUT2D eigenvalue weighted by atomic mass is 35.5. The molecule has 0 saturated heterocycles. The summed E-state index contributed by atoms with van der Waals surface area (Å²) in [6, 6.07) is 11.9. The van der Waals surface area contributed by atoms with E-state index in [0.717, 1.165) is 5.69 Å². The van der Waals surface area contributed by atoms with Gasteiger partial charge in [-0.05, 0) is 42.0 Å². The molecule has 1 heterocycles. The molecule has 0 unspecified atom stereocenters. The minimum Gasteiger partial charge on any atom is -0.378 e. The lowest BCUT2D eigenvalue weighted by Gasteiger charge is -2.32. The van der Waals surface area contributed by atoms with Crippen molar-refractivity contribution in [1.82, 2.24) is 5.01 Å². The van der Waals surface area contributed by atoms with E-state index in [9.17, 15) is 23.1 Å². The number of amides is 1. The molecule has 0 aliphatic carbocycles. The molecule has 28 heavy (non-hydrogen) atoms. The van der Waals surface area contributed by atoms with E-state index in [1.54, 1.807) is 31.1 Å². The summed E-state index contributed by atoms with van der Waals surface area (Å²) in [5.41, 5.74) is -2.40. The summed E-state index contributed by atoms with van der Waals surface area (Å²) in [6.45, 7) is 0. The van der Waals surface area contributed by atoms with E-state index in [-0.39, 0.29) is 16.3 Å². The molecule has 3 rings (SSSR count). The van der Waals surface area contributed by atoms with E-state index in [1.165, 1.54) is 36.4 Å². The van der Waals surface area contributed by atoms with Crippen LogP contribution >= 0.6 is 11.6 Å². The number of hydrazone groups is 1. The topological polar surface area (TPSA) is 56.1 Å². The average molecular weight is 412 g/mol. The Labute approximate surface area is 164 Å². The standard InChI is InChI=1S/C19H17ClF3N3O2/c1-25(2)15-9-5-13(6-10-15)17(27)26-18(28,19(21,22)23)11-16(24-26)12-3-7-14(20)8-4-12/h3-10,28H,11H2,1-2H3/t18-/m1/s1. The van der Waals surface area contributed by atoms with Crippen LogP contribution in [0.25, 0.3) is 0 Å². The van der Waals surface area contributed by atoms with Gasteiger partial charge in [-0.25, -0.2) is 0 Å². The summed E-state index contributed by atoms with van der Waals surface area (Å²) >= 11 is 5.80. The minimum atomic E-state index is -5.09. The minimum absolute atomic E-state index is 0.0191. The van der Waals surface area contributed by atoms with Crippen molar-refractivity contribution >= 4 is 28.9 Å². The summed E-state index contributed by atoms with van der Waals surface area (Å²) in [5.74, 6) is -1.05. The molecule has 148 valence electrons. The monoisotopic (exact) mass is 411 g/mol. The molecule has 0 spiro atoms. The number of rotatable bonds is 3. The summed E-state index contributed by atoms with van der Waals surface area (Å²) in [7, 11) is 3.59. The molecule has 0 bridgehead atoms. The number of anilines is 1. The lowest BCUT2D eigenvalue weighted by Crippen LogP contribution is -2.56. The zero-order chi connectivity index (χ0) is 20.7. The molecular formula is C19H17ClF3N3O2. The van der Waals surface area contributed by atoms with Crippen molar-refractivity contribution in [3.63, 3.8) is 0 Å². The van der Waals surface area contributed by atoms with E-state index >= 15 is 0 Å². The number of hydrogen-bond acceptors (Lipinski definition) is 4. The zero-order valence-electron chi connectivity index (χ0n) is 15.0. The predicted octanol–water partition coefficient (Wildman–Crippen LogP) is 3.91. The largest absolute Gasteiger partial charge is 0.438 e. The fraction of sp³-hybridized carbons (Fsp3) is 0.263. The lowest BCUT2D eigenvalue weighted by atomic mass is 10.0. The first-order valence-corrected chi connectivity index (χ1v) is 8.65. The molecule has 2 aromatic carbocycles. The van der Waals surface area contributed by atoms with Gasteiger partial charge in [0.15, 0.2) is 0 Å². The van der Waals surface area contributed by atoms with E-state index in [4.69, 9.17) is 11.6 Å². The Kier molecular flexibility index (Phi) is 5.12. The molecule has 5 nitrogen and oxygen atoms in total. The Morgan fingerprint density at radius 3 is 2.21 bits per heavy atom. The molecular weight excluding hydrogens is 395 g/mol. The Bertz CT molecular complexity index is 912. The van der Waals surface area contributed by atoms with Crippen LogP contribution < -0.4 is 4.90 Å². The third-order valence-corrected chi connectivity index (χ3v) is 4.69. The predicted molar refractivity (Wildman–Crippen MR) is 101 cm³/mol. The molecule has 0 saturated carbocycles. The molecule has 2 aromatic rings. The van der Waals surface area contributed by atoms with Gasteiger partial charge < -0.3 is 10.0 Å². The SMILES string of the molecule is CN(C)c1ccc(C(=O)N2N=C(c3ccc(Cl)cc3)C[C@@]2(O)C(F)(F)F)cc1. The summed E-state index contributed by atoms with van der Waals surface area (Å²) in [6.07, 6.45) is -5.97. The first kappa shape index (κ1) is 20.2. The van der Waals surface area contributed by atoms with Gasteiger partial charge in [-0.3, -0.25) is 4.79 Å². The van der Waals surface area contributed by atoms with E-state index in [0.29, 0.717) is 10.6 Å². The van der Waals surface area contributed by atoms with E-state index in [2.05, 4.69) is 5.10 Å². The molecule has 0 radical (unpaired) electrons. The second-order valence-electron chi connectivity index (χ2n) is 6.60. The van der Waals surface area contributed by atoms with Gasteiger partial charge in [-0.1, -0.05) is 23.7 Å². The lowest BCUT2D eigenvalue weighted by molar-refractivity contribution is -0.297. The van der Waals surface area contributed by atoms with Crippen LogP contribution in [-0.2, 0) is 0 Å². The summed E-state index contributed by atoms with van der Waals surface area (Å²) in [4.78, 5) is 14.5. The highest BCUT2D eigenvalue weighted by Gasteiger charge is 2.63. The van der Waals surface area contributed by atoms with E-state index < -0.39 is 24.2 Å². The van der Waals surface area contributed by atoms with Gasteiger partial charge in [0, 0.05) is 30.4 Å². The summed E-state index contributed by atoms with van der Waals surface area (Å²) < 4.78 is 40.9. The molecule has 0 aromatic heterocycles. The van der Waals surface area contributed by atoms with Crippen LogP contribution in [0.15, 0.2) is 53.6 Å². The number of nitrogens with zero attached hydrogens (tertiary/aromatic N) is 3. The smallest absolute Gasteiger partial charge is 0.378 e. The highest BCUT2D eigenvalue weighted by Crippen LogP contribution is 2.42. The van der Waals surface area contributed by atoms with Gasteiger partial charge in [0.25, 0.3) is 11.6 Å². The van der Waals surface area contributed by atoms with Gasteiger partial charge >= 0.3 is 6.18 Å². The number of alkyl halides is 3. The molecule has 1 amide bonds. The average Bonchev–Trinajstić information content (AvgIpc) is 3.00. The normalized spacial score (nSPS) is 19.5. The van der Waals surface area contributed by atoms with Crippen molar-refractivity contribution < 1.29 is 23.1 Å². The zero-order valence-corrected chi connectivity index (χ0v) is 15.8. The number of carbonyl (C=O) groups is 1. The van der Waals surface area contributed by atoms with Crippen LogP contribution in [0.5, 0.6) is 0 Å². The van der Waals surface area contributed by atoms with Gasteiger partial charge in [0.05, 0.1) is 12.1 Å². The van der Waals surface area contributed by atoms with E-state index in [1.807, 2.05) is 0 Å². The van der Waals surface area contributed by atoms with Crippen LogP contribution in [0.1, 0.15) is 22.3 Å². The first-order valence-electron chi connectivity index (χ1n) is 8.27. The van der Waals surface area contributed by atoms with Crippen molar-refractivity contribution in [2.75, 3.05) is 19.0 Å². The van der Waals surface area contributed by atoms with Crippen LogP contribution in [0.2, 0.25) is 5.02 Å².